The Hall–Kier alpha value is -1.69. The van der Waals surface area contributed by atoms with Crippen molar-refractivity contribution < 1.29 is 9.90 Å². The molecule has 0 spiro atoms. The molecule has 0 aliphatic carbocycles. The molecule has 1 N–H and O–H groups in total. The van der Waals surface area contributed by atoms with Gasteiger partial charge in [0.2, 0.25) is 0 Å². The first kappa shape index (κ1) is 15.2. The lowest BCUT2D eigenvalue weighted by Crippen LogP contribution is -2.49. The SMILES string of the molecule is O=C(c1ccccc1)N1CCN(CC(O)c2cccs2)CC1. The van der Waals surface area contributed by atoms with Gasteiger partial charge in [-0.3, -0.25) is 9.69 Å². The van der Waals surface area contributed by atoms with Crippen LogP contribution in [0, 0.1) is 0 Å². The zero-order chi connectivity index (χ0) is 15.4. The number of amides is 1. The van der Waals surface area contributed by atoms with Crippen molar-refractivity contribution in [1.29, 1.82) is 0 Å². The highest BCUT2D eigenvalue weighted by Crippen LogP contribution is 2.20. The predicted octanol–water partition coefficient (Wildman–Crippen LogP) is 2.24. The highest BCUT2D eigenvalue weighted by atomic mass is 32.1. The average molecular weight is 316 g/mol. The minimum absolute atomic E-state index is 0.0963. The second-order valence-electron chi connectivity index (χ2n) is 5.49. The Bertz CT molecular complexity index is 592. The van der Waals surface area contributed by atoms with Crippen molar-refractivity contribution in [2.75, 3.05) is 32.7 Å². The zero-order valence-electron chi connectivity index (χ0n) is 12.4. The molecule has 1 aliphatic heterocycles. The van der Waals surface area contributed by atoms with E-state index in [2.05, 4.69) is 4.90 Å². The smallest absolute Gasteiger partial charge is 0.253 e. The number of rotatable bonds is 4. The van der Waals surface area contributed by atoms with Crippen LogP contribution in [-0.4, -0.2) is 53.5 Å². The molecule has 1 unspecified atom stereocenters. The van der Waals surface area contributed by atoms with Gasteiger partial charge in [-0.2, -0.15) is 0 Å². The van der Waals surface area contributed by atoms with Gasteiger partial charge in [0.25, 0.3) is 5.91 Å². The highest BCUT2D eigenvalue weighted by Gasteiger charge is 2.23. The molecular formula is C17H20N2O2S. The van der Waals surface area contributed by atoms with E-state index in [1.807, 2.05) is 52.7 Å². The van der Waals surface area contributed by atoms with Gasteiger partial charge in [0.05, 0.1) is 0 Å². The van der Waals surface area contributed by atoms with E-state index >= 15 is 0 Å². The monoisotopic (exact) mass is 316 g/mol. The van der Waals surface area contributed by atoms with Crippen molar-refractivity contribution >= 4 is 17.2 Å². The molecule has 2 heterocycles. The Morgan fingerprint density at radius 2 is 1.82 bits per heavy atom. The molecule has 1 atom stereocenters. The number of thiophene rings is 1. The van der Waals surface area contributed by atoms with Gasteiger partial charge >= 0.3 is 0 Å². The standard InChI is InChI=1S/C17H20N2O2S/c20-15(16-7-4-12-22-16)13-18-8-10-19(11-9-18)17(21)14-5-2-1-3-6-14/h1-7,12,15,20H,8-11,13H2. The van der Waals surface area contributed by atoms with E-state index in [0.29, 0.717) is 19.6 Å². The van der Waals surface area contributed by atoms with Crippen LogP contribution in [0.1, 0.15) is 21.3 Å². The maximum absolute atomic E-state index is 12.4. The van der Waals surface area contributed by atoms with Crippen LogP contribution >= 0.6 is 11.3 Å². The molecule has 22 heavy (non-hydrogen) atoms. The maximum Gasteiger partial charge on any atom is 0.253 e. The maximum atomic E-state index is 12.4. The fraction of sp³-hybridized carbons (Fsp3) is 0.353. The van der Waals surface area contributed by atoms with E-state index in [-0.39, 0.29) is 5.91 Å². The molecule has 1 aliphatic rings. The number of carbonyl (C=O) groups excluding carboxylic acids is 1. The highest BCUT2D eigenvalue weighted by molar-refractivity contribution is 7.10. The van der Waals surface area contributed by atoms with Crippen molar-refractivity contribution in [3.8, 4) is 0 Å². The third kappa shape index (κ3) is 3.55. The summed E-state index contributed by atoms with van der Waals surface area (Å²) in [6.07, 6.45) is -0.434. The molecule has 5 heteroatoms. The summed E-state index contributed by atoms with van der Waals surface area (Å²) in [5, 5.41) is 12.2. The van der Waals surface area contributed by atoms with Crippen LogP contribution in [0.5, 0.6) is 0 Å². The van der Waals surface area contributed by atoms with E-state index < -0.39 is 6.10 Å². The molecule has 1 aromatic carbocycles. The summed E-state index contributed by atoms with van der Waals surface area (Å²) in [4.78, 5) is 17.5. The van der Waals surface area contributed by atoms with E-state index in [0.717, 1.165) is 23.5 Å². The summed E-state index contributed by atoms with van der Waals surface area (Å²) >= 11 is 1.58. The molecule has 1 saturated heterocycles. The molecule has 1 aromatic heterocycles. The number of benzene rings is 1. The van der Waals surface area contributed by atoms with Crippen molar-refractivity contribution in [1.82, 2.24) is 9.80 Å². The van der Waals surface area contributed by atoms with Crippen LogP contribution in [0.4, 0.5) is 0 Å². The summed E-state index contributed by atoms with van der Waals surface area (Å²) in [5.74, 6) is 0.0963. The summed E-state index contributed by atoms with van der Waals surface area (Å²) in [5.41, 5.74) is 0.745. The number of aliphatic hydroxyl groups excluding tert-OH is 1. The molecule has 1 amide bonds. The van der Waals surface area contributed by atoms with Crippen LogP contribution in [0.25, 0.3) is 0 Å². The zero-order valence-corrected chi connectivity index (χ0v) is 13.2. The first-order valence-corrected chi connectivity index (χ1v) is 8.40. The van der Waals surface area contributed by atoms with Crippen LogP contribution in [0.2, 0.25) is 0 Å². The van der Waals surface area contributed by atoms with Gasteiger partial charge < -0.3 is 10.0 Å². The van der Waals surface area contributed by atoms with Crippen molar-refractivity contribution in [2.45, 2.75) is 6.10 Å². The van der Waals surface area contributed by atoms with E-state index in [1.54, 1.807) is 11.3 Å². The van der Waals surface area contributed by atoms with Gasteiger partial charge in [-0.1, -0.05) is 24.3 Å². The number of β-amino-alcohol motifs (C(OH)–C–C–N with tert-alkyl or cyclic N) is 1. The van der Waals surface area contributed by atoms with Gasteiger partial charge in [-0.05, 0) is 23.6 Å². The first-order chi connectivity index (χ1) is 10.7. The third-order valence-electron chi connectivity index (χ3n) is 3.98. The summed E-state index contributed by atoms with van der Waals surface area (Å²) in [7, 11) is 0. The molecular weight excluding hydrogens is 296 g/mol. The van der Waals surface area contributed by atoms with E-state index in [4.69, 9.17) is 0 Å². The number of nitrogens with zero attached hydrogens (tertiary/aromatic N) is 2. The Balaban J connectivity index is 1.51. The lowest BCUT2D eigenvalue weighted by atomic mass is 10.1. The Kier molecular flexibility index (Phi) is 4.87. The quantitative estimate of drug-likeness (QED) is 0.941. The first-order valence-electron chi connectivity index (χ1n) is 7.52. The van der Waals surface area contributed by atoms with Gasteiger partial charge in [0, 0.05) is 43.2 Å². The normalized spacial score (nSPS) is 17.4. The molecule has 116 valence electrons. The third-order valence-corrected chi connectivity index (χ3v) is 4.96. The molecule has 0 radical (unpaired) electrons. The van der Waals surface area contributed by atoms with Gasteiger partial charge in [0.15, 0.2) is 0 Å². The Labute approximate surface area is 134 Å². The lowest BCUT2D eigenvalue weighted by Gasteiger charge is -2.35. The van der Waals surface area contributed by atoms with E-state index in [9.17, 15) is 9.90 Å². The van der Waals surface area contributed by atoms with E-state index in [1.165, 1.54) is 0 Å². The van der Waals surface area contributed by atoms with Crippen molar-refractivity contribution in [3.63, 3.8) is 0 Å². The summed E-state index contributed by atoms with van der Waals surface area (Å²) in [6, 6.07) is 13.3. The van der Waals surface area contributed by atoms with Crippen LogP contribution in [-0.2, 0) is 0 Å². The summed E-state index contributed by atoms with van der Waals surface area (Å²) in [6.45, 7) is 3.67. The largest absolute Gasteiger partial charge is 0.386 e. The fourth-order valence-corrected chi connectivity index (χ4v) is 3.42. The Morgan fingerprint density at radius 1 is 1.09 bits per heavy atom. The predicted molar refractivity (Wildman–Crippen MR) is 88.1 cm³/mol. The molecule has 0 bridgehead atoms. The second kappa shape index (κ2) is 7.05. The van der Waals surface area contributed by atoms with Gasteiger partial charge in [0.1, 0.15) is 6.10 Å². The number of piperazine rings is 1. The number of hydrogen-bond donors (Lipinski definition) is 1. The molecule has 2 aromatic rings. The molecule has 4 nitrogen and oxygen atoms in total. The lowest BCUT2D eigenvalue weighted by molar-refractivity contribution is 0.0533. The molecule has 0 saturated carbocycles. The number of carbonyl (C=O) groups is 1. The average Bonchev–Trinajstić information content (AvgIpc) is 3.10. The number of hydrogen-bond acceptors (Lipinski definition) is 4. The van der Waals surface area contributed by atoms with Crippen LogP contribution < -0.4 is 0 Å². The topological polar surface area (TPSA) is 43.8 Å². The van der Waals surface area contributed by atoms with Gasteiger partial charge in [-0.15, -0.1) is 11.3 Å². The van der Waals surface area contributed by atoms with Crippen LogP contribution in [0.3, 0.4) is 0 Å². The minimum atomic E-state index is -0.434. The molecule has 3 rings (SSSR count). The Morgan fingerprint density at radius 3 is 2.45 bits per heavy atom. The van der Waals surface area contributed by atoms with Gasteiger partial charge in [-0.25, -0.2) is 0 Å². The van der Waals surface area contributed by atoms with Crippen LogP contribution in [0.15, 0.2) is 47.8 Å². The molecule has 1 fully saturated rings. The summed E-state index contributed by atoms with van der Waals surface area (Å²) < 4.78 is 0. The number of aliphatic hydroxyl groups is 1. The van der Waals surface area contributed by atoms with Crippen molar-refractivity contribution in [2.24, 2.45) is 0 Å². The van der Waals surface area contributed by atoms with Crippen molar-refractivity contribution in [3.05, 3.63) is 58.3 Å². The fourth-order valence-electron chi connectivity index (χ4n) is 2.71. The minimum Gasteiger partial charge on any atom is -0.386 e. The second-order valence-corrected chi connectivity index (χ2v) is 6.47.